The van der Waals surface area contributed by atoms with Gasteiger partial charge in [0.05, 0.1) is 0 Å². The lowest BCUT2D eigenvalue weighted by Gasteiger charge is -2.26. The third-order valence-corrected chi connectivity index (χ3v) is 4.01. The number of anilines is 1. The smallest absolute Gasteiger partial charge is 0.262 e. The molecule has 2 aromatic rings. The molecule has 1 amide bonds. The lowest BCUT2D eigenvalue weighted by molar-refractivity contribution is -0.136. The molecule has 0 aliphatic heterocycles. The summed E-state index contributed by atoms with van der Waals surface area (Å²) in [6.45, 7) is 3.13. The summed E-state index contributed by atoms with van der Waals surface area (Å²) in [5.74, 6) is -0.468. The highest BCUT2D eigenvalue weighted by atomic mass is 32.1. The van der Waals surface area contributed by atoms with Gasteiger partial charge in [-0.1, -0.05) is 30.3 Å². The standard InChI is InChI=1S/C15H16N2O3S/c1-10(18)12-9-21-14(16-12)17-13(19)15(2,20-3)11-7-5-4-6-8-11/h4-9H,1-3H3,(H,16,17,19). The fourth-order valence-electron chi connectivity index (χ4n) is 1.81. The quantitative estimate of drug-likeness (QED) is 0.862. The van der Waals surface area contributed by atoms with Crippen LogP contribution >= 0.6 is 11.3 Å². The van der Waals surface area contributed by atoms with E-state index < -0.39 is 5.60 Å². The summed E-state index contributed by atoms with van der Waals surface area (Å²) in [4.78, 5) is 27.8. The summed E-state index contributed by atoms with van der Waals surface area (Å²) < 4.78 is 5.41. The van der Waals surface area contributed by atoms with Crippen molar-refractivity contribution in [2.45, 2.75) is 19.4 Å². The molecule has 1 aromatic heterocycles. The van der Waals surface area contributed by atoms with E-state index in [2.05, 4.69) is 10.3 Å². The maximum Gasteiger partial charge on any atom is 0.262 e. The van der Waals surface area contributed by atoms with Gasteiger partial charge in [-0.3, -0.25) is 14.9 Å². The SMILES string of the molecule is COC(C)(C(=O)Nc1nc(C(C)=O)cs1)c1ccccc1. The molecule has 110 valence electrons. The molecule has 1 unspecified atom stereocenters. The molecule has 1 atom stereocenters. The molecule has 1 N–H and O–H groups in total. The van der Waals surface area contributed by atoms with Gasteiger partial charge in [-0.15, -0.1) is 11.3 Å². The Hall–Kier alpha value is -2.05. The van der Waals surface area contributed by atoms with Crippen LogP contribution in [-0.4, -0.2) is 23.8 Å². The van der Waals surface area contributed by atoms with Gasteiger partial charge in [0.25, 0.3) is 5.91 Å². The van der Waals surface area contributed by atoms with Crippen LogP contribution in [-0.2, 0) is 15.1 Å². The van der Waals surface area contributed by atoms with Crippen LogP contribution in [0, 0.1) is 0 Å². The van der Waals surface area contributed by atoms with Crippen LogP contribution in [0.25, 0.3) is 0 Å². The second-order valence-electron chi connectivity index (χ2n) is 4.65. The highest BCUT2D eigenvalue weighted by Crippen LogP contribution is 2.27. The van der Waals surface area contributed by atoms with Gasteiger partial charge in [0.15, 0.2) is 16.5 Å². The number of carbonyl (C=O) groups excluding carboxylic acids is 2. The molecule has 0 bridgehead atoms. The van der Waals surface area contributed by atoms with Crippen LogP contribution in [0.15, 0.2) is 35.7 Å². The Bertz CT molecular complexity index is 654. The Morgan fingerprint density at radius 2 is 1.95 bits per heavy atom. The first kappa shape index (κ1) is 15.3. The Morgan fingerprint density at radius 3 is 2.48 bits per heavy atom. The third-order valence-electron chi connectivity index (χ3n) is 3.25. The van der Waals surface area contributed by atoms with Gasteiger partial charge in [0, 0.05) is 19.4 Å². The number of aromatic nitrogens is 1. The fourth-order valence-corrected chi connectivity index (χ4v) is 2.55. The van der Waals surface area contributed by atoms with Crippen molar-refractivity contribution in [1.82, 2.24) is 4.98 Å². The summed E-state index contributed by atoms with van der Waals surface area (Å²) in [7, 11) is 1.48. The predicted molar refractivity (Wildman–Crippen MR) is 81.6 cm³/mol. The number of amides is 1. The van der Waals surface area contributed by atoms with Crippen molar-refractivity contribution < 1.29 is 14.3 Å². The Kier molecular flexibility index (Phi) is 4.50. The van der Waals surface area contributed by atoms with Crippen molar-refractivity contribution in [3.8, 4) is 0 Å². The van der Waals surface area contributed by atoms with E-state index in [1.54, 1.807) is 12.3 Å². The number of nitrogens with zero attached hydrogens (tertiary/aromatic N) is 1. The second-order valence-corrected chi connectivity index (χ2v) is 5.51. The van der Waals surface area contributed by atoms with Gasteiger partial charge in [-0.2, -0.15) is 0 Å². The van der Waals surface area contributed by atoms with Crippen molar-refractivity contribution >= 4 is 28.2 Å². The normalized spacial score (nSPS) is 13.5. The molecule has 1 aromatic carbocycles. The van der Waals surface area contributed by atoms with Crippen molar-refractivity contribution in [3.63, 3.8) is 0 Å². The van der Waals surface area contributed by atoms with E-state index in [4.69, 9.17) is 4.74 Å². The van der Waals surface area contributed by atoms with Crippen molar-refractivity contribution in [2.75, 3.05) is 12.4 Å². The van der Waals surface area contributed by atoms with Crippen molar-refractivity contribution in [3.05, 3.63) is 47.0 Å². The monoisotopic (exact) mass is 304 g/mol. The lowest BCUT2D eigenvalue weighted by Crippen LogP contribution is -2.39. The number of thiazole rings is 1. The number of ketones is 1. The highest BCUT2D eigenvalue weighted by molar-refractivity contribution is 7.14. The van der Waals surface area contributed by atoms with Gasteiger partial charge in [0.1, 0.15) is 5.69 Å². The number of rotatable bonds is 5. The summed E-state index contributed by atoms with van der Waals surface area (Å²) in [5.41, 5.74) is -0.0361. The molecule has 2 rings (SSSR count). The van der Waals surface area contributed by atoms with E-state index in [9.17, 15) is 9.59 Å². The predicted octanol–water partition coefficient (Wildman–Crippen LogP) is 2.85. The summed E-state index contributed by atoms with van der Waals surface area (Å²) >= 11 is 1.21. The number of methoxy groups -OCH3 is 1. The van der Waals surface area contributed by atoms with Gasteiger partial charge >= 0.3 is 0 Å². The highest BCUT2D eigenvalue weighted by Gasteiger charge is 2.35. The third kappa shape index (κ3) is 3.17. The fraction of sp³-hybridized carbons (Fsp3) is 0.267. The Balaban J connectivity index is 2.22. The molecular formula is C15H16N2O3S. The zero-order valence-corrected chi connectivity index (χ0v) is 12.9. The molecule has 0 fully saturated rings. The molecule has 6 heteroatoms. The molecule has 0 spiro atoms. The van der Waals surface area contributed by atoms with Crippen LogP contribution in [0.3, 0.4) is 0 Å². The first-order chi connectivity index (χ1) is 9.97. The molecule has 0 saturated carbocycles. The minimum Gasteiger partial charge on any atom is -0.364 e. The summed E-state index contributed by atoms with van der Waals surface area (Å²) in [6.07, 6.45) is 0. The number of ether oxygens (including phenoxy) is 1. The largest absolute Gasteiger partial charge is 0.364 e. The van der Waals surface area contributed by atoms with E-state index in [1.807, 2.05) is 30.3 Å². The van der Waals surface area contributed by atoms with E-state index in [0.29, 0.717) is 10.8 Å². The van der Waals surface area contributed by atoms with Crippen LogP contribution in [0.1, 0.15) is 29.9 Å². The second kappa shape index (κ2) is 6.15. The molecule has 21 heavy (non-hydrogen) atoms. The maximum absolute atomic E-state index is 12.5. The van der Waals surface area contributed by atoms with Gasteiger partial charge in [0.2, 0.25) is 0 Å². The molecule has 5 nitrogen and oxygen atoms in total. The van der Waals surface area contributed by atoms with E-state index >= 15 is 0 Å². The maximum atomic E-state index is 12.5. The van der Waals surface area contributed by atoms with Crippen molar-refractivity contribution in [1.29, 1.82) is 0 Å². The van der Waals surface area contributed by atoms with E-state index in [1.165, 1.54) is 25.4 Å². The minimum atomic E-state index is -1.12. The number of nitrogens with one attached hydrogen (secondary N) is 1. The van der Waals surface area contributed by atoms with Gasteiger partial charge in [-0.25, -0.2) is 4.98 Å². The average Bonchev–Trinajstić information content (AvgIpc) is 2.96. The zero-order chi connectivity index (χ0) is 15.5. The Labute approximate surface area is 127 Å². The molecule has 1 heterocycles. The molecule has 0 radical (unpaired) electrons. The van der Waals surface area contributed by atoms with Gasteiger partial charge < -0.3 is 4.74 Å². The topological polar surface area (TPSA) is 68.3 Å². The number of benzene rings is 1. The molecule has 0 aliphatic rings. The van der Waals surface area contributed by atoms with Crippen LogP contribution in [0.4, 0.5) is 5.13 Å². The summed E-state index contributed by atoms with van der Waals surface area (Å²) in [6, 6.07) is 9.21. The van der Waals surface area contributed by atoms with Crippen molar-refractivity contribution in [2.24, 2.45) is 0 Å². The first-order valence-corrected chi connectivity index (χ1v) is 7.24. The molecule has 0 saturated heterocycles. The number of carbonyl (C=O) groups is 2. The van der Waals surface area contributed by atoms with Crippen LogP contribution < -0.4 is 5.32 Å². The van der Waals surface area contributed by atoms with Gasteiger partial charge in [-0.05, 0) is 12.5 Å². The number of hydrogen-bond donors (Lipinski definition) is 1. The van der Waals surface area contributed by atoms with Crippen LogP contribution in [0.5, 0.6) is 0 Å². The summed E-state index contributed by atoms with van der Waals surface area (Å²) in [5, 5.41) is 4.69. The van der Waals surface area contributed by atoms with Crippen LogP contribution in [0.2, 0.25) is 0 Å². The minimum absolute atomic E-state index is 0.135. The van der Waals surface area contributed by atoms with E-state index in [0.717, 1.165) is 5.56 Å². The number of hydrogen-bond acceptors (Lipinski definition) is 5. The lowest BCUT2D eigenvalue weighted by atomic mass is 9.95. The first-order valence-electron chi connectivity index (χ1n) is 6.36. The number of Topliss-reactive ketones (excluding diaryl/α,β-unsaturated/α-hetero) is 1. The van der Waals surface area contributed by atoms with E-state index in [-0.39, 0.29) is 11.7 Å². The Morgan fingerprint density at radius 1 is 1.29 bits per heavy atom. The molecular weight excluding hydrogens is 288 g/mol. The zero-order valence-electron chi connectivity index (χ0n) is 12.0. The average molecular weight is 304 g/mol. The molecule has 0 aliphatic carbocycles.